The number of rotatable bonds is 15. The van der Waals surface area contributed by atoms with Crippen molar-refractivity contribution in [2.75, 3.05) is 39.8 Å². The van der Waals surface area contributed by atoms with Crippen LogP contribution in [0.15, 0.2) is 30.3 Å². The van der Waals surface area contributed by atoms with Gasteiger partial charge in [0, 0.05) is 32.6 Å². The van der Waals surface area contributed by atoms with Crippen LogP contribution in [0.1, 0.15) is 73.8 Å². The third kappa shape index (κ3) is 13.4. The van der Waals surface area contributed by atoms with Crippen molar-refractivity contribution in [3.8, 4) is 0 Å². The number of piperidine rings is 2. The lowest BCUT2D eigenvalue weighted by molar-refractivity contribution is -0.146. The van der Waals surface area contributed by atoms with E-state index in [2.05, 4.69) is 26.2 Å². The Morgan fingerprint density at radius 3 is 1.96 bits per heavy atom. The molecule has 0 spiro atoms. The summed E-state index contributed by atoms with van der Waals surface area (Å²) in [4.78, 5) is 82.2. The van der Waals surface area contributed by atoms with Crippen LogP contribution in [-0.4, -0.2) is 115 Å². The lowest BCUT2D eigenvalue weighted by atomic mass is 9.84. The van der Waals surface area contributed by atoms with Gasteiger partial charge in [0.05, 0.1) is 13.7 Å². The molecule has 2 aliphatic heterocycles. The van der Waals surface area contributed by atoms with E-state index in [9.17, 15) is 28.8 Å². The van der Waals surface area contributed by atoms with Crippen molar-refractivity contribution in [2.24, 2.45) is 23.7 Å². The molecule has 2 aliphatic rings. The van der Waals surface area contributed by atoms with Crippen LogP contribution in [0, 0.1) is 23.7 Å². The molecule has 5 amide bonds. The van der Waals surface area contributed by atoms with Crippen LogP contribution in [0.4, 0.5) is 4.79 Å². The molecule has 0 aliphatic carbocycles. The molecule has 14 nitrogen and oxygen atoms in total. The number of carbonyl (C=O) groups is 6. The maximum Gasteiger partial charge on any atom is 0.408 e. The molecule has 3 rings (SSSR count). The molecule has 0 saturated carbocycles. The lowest BCUT2D eigenvalue weighted by Gasteiger charge is -2.46. The highest BCUT2D eigenvalue weighted by molar-refractivity contribution is 5.92. The minimum absolute atomic E-state index is 0.0999. The number of nitrogens with zero attached hydrogens (tertiary/aromatic N) is 2. The van der Waals surface area contributed by atoms with Gasteiger partial charge in [0.15, 0.2) is 0 Å². The van der Waals surface area contributed by atoms with Gasteiger partial charge < -0.3 is 35.6 Å². The van der Waals surface area contributed by atoms with Crippen LogP contribution in [0.5, 0.6) is 0 Å². The number of carbonyl (C=O) groups excluding carboxylic acids is 6. The predicted molar refractivity (Wildman–Crippen MR) is 196 cm³/mol. The highest BCUT2D eigenvalue weighted by Gasteiger charge is 2.39. The minimum atomic E-state index is -0.960. The SMILES string of the molecule is COC(=O)[C@@H](NC(=O)[C@H](C)NC(=O)CN1C[C@H]2C[C@@H](C1)CN(C(=O)[C@H](CC(C)C)NC(=O)[C@H](Cc1ccccc1)NC(=O)OC(C)(C)C)C2)C(C)C. The smallest absolute Gasteiger partial charge is 0.408 e. The molecule has 0 unspecified atom stereocenters. The molecule has 1 aromatic rings. The number of esters is 1. The normalized spacial score (nSPS) is 19.9. The zero-order valence-electron chi connectivity index (χ0n) is 32.3. The molecule has 0 aromatic heterocycles. The number of benzene rings is 1. The van der Waals surface area contributed by atoms with Crippen LogP contribution in [0.3, 0.4) is 0 Å². The Bertz CT molecular complexity index is 1380. The number of hydrogen-bond donors (Lipinski definition) is 4. The fraction of sp³-hybridized carbons (Fsp3) is 0.684. The second-order valence-corrected chi connectivity index (χ2v) is 16.0. The van der Waals surface area contributed by atoms with Gasteiger partial charge in [-0.3, -0.25) is 24.1 Å². The summed E-state index contributed by atoms with van der Waals surface area (Å²) in [5.74, 6) is -1.76. The third-order valence-corrected chi connectivity index (χ3v) is 9.14. The highest BCUT2D eigenvalue weighted by atomic mass is 16.6. The van der Waals surface area contributed by atoms with E-state index < -0.39 is 53.6 Å². The van der Waals surface area contributed by atoms with Gasteiger partial charge >= 0.3 is 12.1 Å². The summed E-state index contributed by atoms with van der Waals surface area (Å²) in [5, 5.41) is 11.1. The van der Waals surface area contributed by atoms with Crippen molar-refractivity contribution in [1.82, 2.24) is 31.1 Å². The summed E-state index contributed by atoms with van der Waals surface area (Å²) in [7, 11) is 1.26. The van der Waals surface area contributed by atoms with E-state index in [0.717, 1.165) is 12.0 Å². The number of hydrogen-bond acceptors (Lipinski definition) is 9. The van der Waals surface area contributed by atoms with Crippen LogP contribution >= 0.6 is 0 Å². The van der Waals surface area contributed by atoms with Gasteiger partial charge in [0.25, 0.3) is 0 Å². The second kappa shape index (κ2) is 19.0. The summed E-state index contributed by atoms with van der Waals surface area (Å²) in [5.41, 5.74) is 0.0993. The zero-order valence-corrected chi connectivity index (χ0v) is 32.3. The average Bonchev–Trinajstić information content (AvgIpc) is 3.04. The molecule has 14 heteroatoms. The maximum atomic E-state index is 14.1. The minimum Gasteiger partial charge on any atom is -0.467 e. The summed E-state index contributed by atoms with van der Waals surface area (Å²) in [6.45, 7) is 16.7. The van der Waals surface area contributed by atoms with Crippen molar-refractivity contribution in [2.45, 2.75) is 104 Å². The molecule has 6 atom stereocenters. The van der Waals surface area contributed by atoms with E-state index >= 15 is 0 Å². The van der Waals surface area contributed by atoms with Gasteiger partial charge in [-0.15, -0.1) is 0 Å². The van der Waals surface area contributed by atoms with Gasteiger partial charge in [-0.25, -0.2) is 9.59 Å². The zero-order chi connectivity index (χ0) is 38.7. The Kier molecular flexibility index (Phi) is 15.5. The first-order valence-corrected chi connectivity index (χ1v) is 18.4. The fourth-order valence-corrected chi connectivity index (χ4v) is 6.85. The van der Waals surface area contributed by atoms with Crippen molar-refractivity contribution in [3.05, 3.63) is 35.9 Å². The number of ether oxygens (including phenoxy) is 2. The van der Waals surface area contributed by atoms with Gasteiger partial charge in [0.1, 0.15) is 29.8 Å². The molecule has 52 heavy (non-hydrogen) atoms. The Morgan fingerprint density at radius 2 is 1.42 bits per heavy atom. The van der Waals surface area contributed by atoms with Gasteiger partial charge in [0.2, 0.25) is 23.6 Å². The molecule has 0 radical (unpaired) electrons. The second-order valence-electron chi connectivity index (χ2n) is 16.0. The first-order chi connectivity index (χ1) is 24.3. The monoisotopic (exact) mass is 728 g/mol. The molecule has 290 valence electrons. The van der Waals surface area contributed by atoms with E-state index in [1.54, 1.807) is 41.5 Å². The predicted octanol–water partition coefficient (Wildman–Crippen LogP) is 2.25. The molecule has 2 fully saturated rings. The van der Waals surface area contributed by atoms with E-state index in [4.69, 9.17) is 9.47 Å². The third-order valence-electron chi connectivity index (χ3n) is 9.14. The Labute approximate surface area is 308 Å². The molecule has 4 N–H and O–H groups in total. The first kappa shape index (κ1) is 42.2. The largest absolute Gasteiger partial charge is 0.467 e. The summed E-state index contributed by atoms with van der Waals surface area (Å²) in [6, 6.07) is 5.94. The molecule has 2 bridgehead atoms. The Morgan fingerprint density at radius 1 is 0.808 bits per heavy atom. The van der Waals surface area contributed by atoms with E-state index in [-0.39, 0.29) is 48.5 Å². The van der Waals surface area contributed by atoms with Crippen molar-refractivity contribution in [3.63, 3.8) is 0 Å². The van der Waals surface area contributed by atoms with Gasteiger partial charge in [-0.2, -0.15) is 0 Å². The highest BCUT2D eigenvalue weighted by Crippen LogP contribution is 2.29. The molecule has 1 aromatic carbocycles. The summed E-state index contributed by atoms with van der Waals surface area (Å²) >= 11 is 0. The molecule has 2 heterocycles. The van der Waals surface area contributed by atoms with Crippen molar-refractivity contribution < 1.29 is 38.2 Å². The van der Waals surface area contributed by atoms with E-state index in [1.807, 2.05) is 49.1 Å². The molecule has 2 saturated heterocycles. The van der Waals surface area contributed by atoms with Crippen LogP contribution in [0.2, 0.25) is 0 Å². The number of likely N-dealkylation sites (tertiary alicyclic amines) is 2. The molecular weight excluding hydrogens is 668 g/mol. The number of alkyl carbamates (subject to hydrolysis) is 1. The van der Waals surface area contributed by atoms with Crippen LogP contribution < -0.4 is 21.3 Å². The first-order valence-electron chi connectivity index (χ1n) is 18.4. The lowest BCUT2D eigenvalue weighted by Crippen LogP contribution is -2.60. The average molecular weight is 729 g/mol. The van der Waals surface area contributed by atoms with E-state index in [0.29, 0.717) is 32.6 Å². The fourth-order valence-electron chi connectivity index (χ4n) is 6.85. The number of methoxy groups -OCH3 is 1. The van der Waals surface area contributed by atoms with Crippen LogP contribution in [-0.2, 0) is 39.9 Å². The number of nitrogens with one attached hydrogen (secondary N) is 4. The van der Waals surface area contributed by atoms with Gasteiger partial charge in [-0.05, 0) is 69.8 Å². The number of amides is 5. The maximum absolute atomic E-state index is 14.1. The quantitative estimate of drug-likeness (QED) is 0.198. The Hall–Kier alpha value is -4.20. The topological polar surface area (TPSA) is 175 Å². The summed E-state index contributed by atoms with van der Waals surface area (Å²) < 4.78 is 10.2. The summed E-state index contributed by atoms with van der Waals surface area (Å²) in [6.07, 6.45) is 0.858. The van der Waals surface area contributed by atoms with E-state index in [1.165, 1.54) is 7.11 Å². The Balaban J connectivity index is 1.61. The van der Waals surface area contributed by atoms with Crippen LogP contribution in [0.25, 0.3) is 0 Å². The van der Waals surface area contributed by atoms with Gasteiger partial charge in [-0.1, -0.05) is 58.0 Å². The standard InChI is InChI=1S/C38H60N6O8/c1-23(2)15-30(40-34(47)29(17-26-13-11-10-12-14-26)41-37(50)52-38(6,7)8)35(48)44-20-27-16-28(21-44)19-43(18-27)22-31(45)39-25(5)33(46)42-32(24(3)4)36(49)51-9/h10-14,23-25,27-30,32H,15-22H2,1-9H3,(H,39,45)(H,40,47)(H,41,50)(H,42,46)/t25-,27-,28+,29-,30-,32-/m0/s1. The molecular formula is C38H60N6O8. The van der Waals surface area contributed by atoms with Crippen molar-refractivity contribution >= 4 is 35.7 Å². The number of fused-ring (bicyclic) bond motifs is 2. The van der Waals surface area contributed by atoms with Crippen molar-refractivity contribution in [1.29, 1.82) is 0 Å².